The van der Waals surface area contributed by atoms with Crippen LogP contribution in [-0.4, -0.2) is 72.4 Å². The molecule has 0 bridgehead atoms. The lowest BCUT2D eigenvalue weighted by Crippen LogP contribution is -2.55. The van der Waals surface area contributed by atoms with E-state index in [1.54, 1.807) is 49.1 Å². The van der Waals surface area contributed by atoms with E-state index < -0.39 is 34.8 Å². The second-order valence-corrected chi connectivity index (χ2v) is 15.9. The standard InChI is InChI=1S/C38H46F3N5O6S/c1-4-5-15-33-42-37(18-10-20-45(24-37)35(47)28-11-6-7-12-28)36(48)46(33)23-27-16-17-29(31(22-27)51-21-19-38(39,40)41)30-13-8-9-14-32(30)53(49,50)44-34-25(2)26(3)52-43-34/h8-9,13-14,16-17,22,28H,4-7,10-12,15,18-21,23-24H2,1-3H3,(H,43,44). The van der Waals surface area contributed by atoms with Crippen molar-refractivity contribution in [3.63, 3.8) is 0 Å². The van der Waals surface area contributed by atoms with Gasteiger partial charge in [-0.25, -0.2) is 8.42 Å². The monoisotopic (exact) mass is 757 g/mol. The number of halogens is 3. The molecule has 1 saturated heterocycles. The van der Waals surface area contributed by atoms with E-state index in [1.165, 1.54) is 12.1 Å². The van der Waals surface area contributed by atoms with Gasteiger partial charge < -0.3 is 14.2 Å². The molecule has 0 radical (unpaired) electrons. The van der Waals surface area contributed by atoms with Gasteiger partial charge in [-0.3, -0.25) is 24.2 Å². The van der Waals surface area contributed by atoms with Gasteiger partial charge in [0.05, 0.1) is 31.0 Å². The van der Waals surface area contributed by atoms with Gasteiger partial charge in [-0.2, -0.15) is 13.2 Å². The van der Waals surface area contributed by atoms with Crippen molar-refractivity contribution in [1.29, 1.82) is 0 Å². The molecular weight excluding hydrogens is 712 g/mol. The van der Waals surface area contributed by atoms with E-state index in [0.29, 0.717) is 48.5 Å². The Labute approximate surface area is 308 Å². The van der Waals surface area contributed by atoms with Gasteiger partial charge >= 0.3 is 6.18 Å². The molecule has 1 spiro atoms. The number of anilines is 1. The molecule has 286 valence electrons. The molecular formula is C38H46F3N5O6S. The number of ether oxygens (including phenoxy) is 1. The number of piperidine rings is 1. The quantitative estimate of drug-likeness (QED) is 0.190. The number of hydrogen-bond donors (Lipinski definition) is 1. The van der Waals surface area contributed by atoms with Crippen molar-refractivity contribution >= 4 is 33.5 Å². The van der Waals surface area contributed by atoms with Crippen molar-refractivity contribution in [2.75, 3.05) is 24.4 Å². The zero-order valence-corrected chi connectivity index (χ0v) is 31.1. The average Bonchev–Trinajstić information content (AvgIpc) is 3.83. The number of nitrogens with zero attached hydrogens (tertiary/aromatic N) is 4. The molecule has 3 heterocycles. The highest BCUT2D eigenvalue weighted by Crippen LogP contribution is 2.39. The van der Waals surface area contributed by atoms with Crippen LogP contribution >= 0.6 is 0 Å². The molecule has 6 rings (SSSR count). The van der Waals surface area contributed by atoms with Gasteiger partial charge in [-0.1, -0.05) is 61.7 Å². The van der Waals surface area contributed by atoms with Gasteiger partial charge in [0.2, 0.25) is 5.91 Å². The Morgan fingerprint density at radius 3 is 2.55 bits per heavy atom. The number of aryl methyl sites for hydroxylation is 1. The number of sulfonamides is 1. The zero-order chi connectivity index (χ0) is 38.0. The maximum Gasteiger partial charge on any atom is 0.392 e. The predicted molar refractivity (Wildman–Crippen MR) is 193 cm³/mol. The number of amidine groups is 1. The van der Waals surface area contributed by atoms with Crippen molar-refractivity contribution in [3.05, 3.63) is 59.4 Å². The molecule has 3 aromatic rings. The first-order valence-electron chi connectivity index (χ1n) is 18.3. The molecule has 1 aromatic heterocycles. The van der Waals surface area contributed by atoms with E-state index in [1.807, 2.05) is 11.8 Å². The van der Waals surface area contributed by atoms with E-state index >= 15 is 0 Å². The number of amides is 2. The van der Waals surface area contributed by atoms with Gasteiger partial charge in [-0.15, -0.1) is 0 Å². The van der Waals surface area contributed by atoms with Crippen LogP contribution in [0, 0.1) is 19.8 Å². The third-order valence-corrected chi connectivity index (χ3v) is 11.8. The summed E-state index contributed by atoms with van der Waals surface area (Å²) in [7, 11) is -4.25. The number of likely N-dealkylation sites (tertiary alicyclic amines) is 1. The largest absolute Gasteiger partial charge is 0.493 e. The second kappa shape index (κ2) is 15.5. The summed E-state index contributed by atoms with van der Waals surface area (Å²) in [6.07, 6.45) is 1.48. The molecule has 1 saturated carbocycles. The van der Waals surface area contributed by atoms with Crippen molar-refractivity contribution in [3.8, 4) is 16.9 Å². The number of unbranched alkanes of at least 4 members (excludes halogenated alkanes) is 1. The molecule has 1 atom stereocenters. The Hall–Kier alpha value is -4.40. The number of benzene rings is 2. The van der Waals surface area contributed by atoms with Crippen LogP contribution in [-0.2, 0) is 26.2 Å². The van der Waals surface area contributed by atoms with E-state index in [9.17, 15) is 31.2 Å². The molecule has 53 heavy (non-hydrogen) atoms. The number of carbonyl (C=O) groups is 2. The third kappa shape index (κ3) is 8.39. The van der Waals surface area contributed by atoms with Gasteiger partial charge in [0.1, 0.15) is 17.3 Å². The van der Waals surface area contributed by atoms with Crippen LogP contribution in [0.25, 0.3) is 11.1 Å². The molecule has 2 amide bonds. The maximum atomic E-state index is 14.4. The fourth-order valence-electron chi connectivity index (χ4n) is 7.42. The Balaban J connectivity index is 1.32. The molecule has 2 aromatic carbocycles. The van der Waals surface area contributed by atoms with Gasteiger partial charge in [0.15, 0.2) is 11.4 Å². The summed E-state index contributed by atoms with van der Waals surface area (Å²) in [4.78, 5) is 36.1. The first-order chi connectivity index (χ1) is 25.2. The Morgan fingerprint density at radius 2 is 1.85 bits per heavy atom. The number of carbonyl (C=O) groups excluding carboxylic acids is 2. The predicted octanol–water partition coefficient (Wildman–Crippen LogP) is 7.57. The van der Waals surface area contributed by atoms with Crippen LogP contribution in [0.15, 0.2) is 56.9 Å². The summed E-state index contributed by atoms with van der Waals surface area (Å²) in [6.45, 7) is 5.54. The highest BCUT2D eigenvalue weighted by molar-refractivity contribution is 7.92. The molecule has 15 heteroatoms. The average molecular weight is 758 g/mol. The normalized spacial score (nSPS) is 19.7. The maximum absolute atomic E-state index is 14.4. The van der Waals surface area contributed by atoms with Crippen LogP contribution in [0.4, 0.5) is 19.0 Å². The van der Waals surface area contributed by atoms with Crippen LogP contribution in [0.2, 0.25) is 0 Å². The number of alkyl halides is 3. The first-order valence-corrected chi connectivity index (χ1v) is 19.8. The van der Waals surface area contributed by atoms with Crippen LogP contribution in [0.1, 0.15) is 88.0 Å². The van der Waals surface area contributed by atoms with Gasteiger partial charge in [0.25, 0.3) is 15.9 Å². The molecule has 11 nitrogen and oxygen atoms in total. The van der Waals surface area contributed by atoms with Crippen molar-refractivity contribution < 1.29 is 40.4 Å². The molecule has 3 aliphatic rings. The Bertz CT molecular complexity index is 1970. The van der Waals surface area contributed by atoms with Crippen molar-refractivity contribution in [2.45, 2.75) is 108 Å². The molecule has 2 aliphatic heterocycles. The van der Waals surface area contributed by atoms with Gasteiger partial charge in [-0.05, 0) is 63.6 Å². The van der Waals surface area contributed by atoms with E-state index in [4.69, 9.17) is 14.3 Å². The molecule has 1 aliphatic carbocycles. The number of rotatable bonds is 13. The van der Waals surface area contributed by atoms with Crippen LogP contribution in [0.3, 0.4) is 0 Å². The Kier molecular flexibility index (Phi) is 11.2. The molecule has 1 N–H and O–H groups in total. The summed E-state index contributed by atoms with van der Waals surface area (Å²) >= 11 is 0. The fraction of sp³-hybridized carbons (Fsp3) is 0.526. The molecule has 1 unspecified atom stereocenters. The van der Waals surface area contributed by atoms with Crippen LogP contribution < -0.4 is 9.46 Å². The van der Waals surface area contributed by atoms with E-state index in [-0.39, 0.29) is 58.4 Å². The topological polar surface area (TPSA) is 134 Å². The van der Waals surface area contributed by atoms with Gasteiger partial charge in [0, 0.05) is 35.6 Å². The smallest absolute Gasteiger partial charge is 0.392 e. The highest BCUT2D eigenvalue weighted by atomic mass is 32.2. The van der Waals surface area contributed by atoms with Crippen molar-refractivity contribution in [2.24, 2.45) is 10.9 Å². The summed E-state index contributed by atoms with van der Waals surface area (Å²) in [5.74, 6) is 0.999. The first kappa shape index (κ1) is 38.3. The number of aromatic nitrogens is 1. The highest BCUT2D eigenvalue weighted by Gasteiger charge is 2.51. The number of nitrogens with one attached hydrogen (secondary N) is 1. The lowest BCUT2D eigenvalue weighted by Gasteiger charge is -2.38. The fourth-order valence-corrected chi connectivity index (χ4v) is 8.70. The minimum Gasteiger partial charge on any atom is -0.493 e. The number of aliphatic imine (C=N–C) groups is 1. The minimum absolute atomic E-state index is 0.0119. The van der Waals surface area contributed by atoms with E-state index in [0.717, 1.165) is 38.5 Å². The van der Waals surface area contributed by atoms with Crippen LogP contribution in [0.5, 0.6) is 5.75 Å². The summed E-state index contributed by atoms with van der Waals surface area (Å²) in [5, 5.41) is 3.81. The lowest BCUT2D eigenvalue weighted by molar-refractivity contribution is -0.142. The Morgan fingerprint density at radius 1 is 1.09 bits per heavy atom. The SMILES string of the molecule is CCCCC1=NC2(CCCN(C(=O)C3CCCC3)C2)C(=O)N1Cc1ccc(-c2ccccc2S(=O)(=O)Nc2noc(C)c2C)c(OCCC(F)(F)F)c1. The lowest BCUT2D eigenvalue weighted by atomic mass is 9.88. The van der Waals surface area contributed by atoms with Crippen molar-refractivity contribution in [1.82, 2.24) is 15.0 Å². The minimum atomic E-state index is -4.48. The summed E-state index contributed by atoms with van der Waals surface area (Å²) in [5.41, 5.74) is 0.437. The third-order valence-electron chi connectivity index (χ3n) is 10.4. The second-order valence-electron chi connectivity index (χ2n) is 14.3. The summed E-state index contributed by atoms with van der Waals surface area (Å²) in [6, 6.07) is 11.0. The number of hydrogen-bond acceptors (Lipinski definition) is 8. The van der Waals surface area contributed by atoms with E-state index in [2.05, 4.69) is 9.88 Å². The molecule has 2 fully saturated rings. The zero-order valence-electron chi connectivity index (χ0n) is 30.3. The summed E-state index contributed by atoms with van der Waals surface area (Å²) < 4.78 is 80.5.